The molecule has 22 heavy (non-hydrogen) atoms. The number of thiocarbonyl (C=S) groups is 1. The highest BCUT2D eigenvalue weighted by atomic mass is 32.1. The zero-order chi connectivity index (χ0) is 15.9. The van der Waals surface area contributed by atoms with Gasteiger partial charge in [-0.3, -0.25) is 0 Å². The van der Waals surface area contributed by atoms with Gasteiger partial charge in [0, 0.05) is 5.69 Å². The van der Waals surface area contributed by atoms with Crippen molar-refractivity contribution in [2.45, 2.75) is 26.3 Å². The quantitative estimate of drug-likeness (QED) is 0.767. The zero-order valence-corrected chi connectivity index (χ0v) is 13.7. The first-order chi connectivity index (χ1) is 10.5. The maximum absolute atomic E-state index is 13.2. The molecule has 2 rings (SSSR count). The second-order valence-electron chi connectivity index (χ2n) is 5.70. The number of anilines is 1. The van der Waals surface area contributed by atoms with Crippen molar-refractivity contribution in [2.75, 3.05) is 5.32 Å². The van der Waals surface area contributed by atoms with Gasteiger partial charge in [-0.2, -0.15) is 0 Å². The second kappa shape index (κ2) is 7.90. The van der Waals surface area contributed by atoms with Crippen molar-refractivity contribution in [2.24, 2.45) is 5.92 Å². The van der Waals surface area contributed by atoms with Gasteiger partial charge in [-0.1, -0.05) is 50.2 Å². The molecule has 0 saturated carbocycles. The van der Waals surface area contributed by atoms with E-state index in [2.05, 4.69) is 36.6 Å². The molecule has 2 N–H and O–H groups in total. The van der Waals surface area contributed by atoms with Crippen LogP contribution in [0.4, 0.5) is 10.1 Å². The SMILES string of the molecule is CC(C)C[C@@H](NC(=S)Nc1cccc(F)c1)c1ccccc1. The molecule has 0 aliphatic heterocycles. The molecule has 1 atom stereocenters. The normalized spacial score (nSPS) is 12.0. The fourth-order valence-electron chi connectivity index (χ4n) is 2.33. The molecule has 2 aromatic carbocycles. The van der Waals surface area contributed by atoms with Crippen molar-refractivity contribution < 1.29 is 4.39 Å². The lowest BCUT2D eigenvalue weighted by atomic mass is 9.97. The zero-order valence-electron chi connectivity index (χ0n) is 12.8. The molecule has 0 aliphatic rings. The van der Waals surface area contributed by atoms with Crippen LogP contribution in [0.2, 0.25) is 0 Å². The second-order valence-corrected chi connectivity index (χ2v) is 6.11. The summed E-state index contributed by atoms with van der Waals surface area (Å²) in [6, 6.07) is 16.6. The van der Waals surface area contributed by atoms with E-state index in [1.54, 1.807) is 12.1 Å². The topological polar surface area (TPSA) is 24.1 Å². The van der Waals surface area contributed by atoms with Crippen molar-refractivity contribution in [3.63, 3.8) is 0 Å². The molecular formula is C18H21FN2S. The van der Waals surface area contributed by atoms with Gasteiger partial charge in [0.25, 0.3) is 0 Å². The van der Waals surface area contributed by atoms with Gasteiger partial charge in [0.1, 0.15) is 5.82 Å². The van der Waals surface area contributed by atoms with Crippen molar-refractivity contribution in [3.8, 4) is 0 Å². The molecular weight excluding hydrogens is 295 g/mol. The Morgan fingerprint density at radius 3 is 2.45 bits per heavy atom. The number of hydrogen-bond donors (Lipinski definition) is 2. The summed E-state index contributed by atoms with van der Waals surface area (Å²) >= 11 is 5.36. The fourth-order valence-corrected chi connectivity index (χ4v) is 2.59. The lowest BCUT2D eigenvalue weighted by molar-refractivity contribution is 0.481. The van der Waals surface area contributed by atoms with E-state index < -0.39 is 0 Å². The fraction of sp³-hybridized carbons (Fsp3) is 0.278. The van der Waals surface area contributed by atoms with Crippen molar-refractivity contribution >= 4 is 23.0 Å². The summed E-state index contributed by atoms with van der Waals surface area (Å²) in [5.74, 6) is 0.254. The van der Waals surface area contributed by atoms with Crippen molar-refractivity contribution in [1.29, 1.82) is 0 Å². The Morgan fingerprint density at radius 1 is 1.09 bits per heavy atom. The Balaban J connectivity index is 2.05. The third-order valence-electron chi connectivity index (χ3n) is 3.30. The third-order valence-corrected chi connectivity index (χ3v) is 3.52. The highest BCUT2D eigenvalue weighted by Gasteiger charge is 2.14. The molecule has 0 heterocycles. The van der Waals surface area contributed by atoms with Gasteiger partial charge in [0.15, 0.2) is 5.11 Å². The van der Waals surface area contributed by atoms with E-state index in [0.29, 0.717) is 16.7 Å². The van der Waals surface area contributed by atoms with E-state index >= 15 is 0 Å². The summed E-state index contributed by atoms with van der Waals surface area (Å²) in [6.07, 6.45) is 0.967. The molecule has 2 aromatic rings. The van der Waals surface area contributed by atoms with Gasteiger partial charge in [-0.15, -0.1) is 0 Å². The first-order valence-corrected chi connectivity index (χ1v) is 7.83. The van der Waals surface area contributed by atoms with E-state index in [1.165, 1.54) is 17.7 Å². The molecule has 0 spiro atoms. The standard InChI is InChI=1S/C18H21FN2S/c1-13(2)11-17(14-7-4-3-5-8-14)21-18(22)20-16-10-6-9-15(19)12-16/h3-10,12-13,17H,11H2,1-2H3,(H2,20,21,22)/t17-/m1/s1. The Hall–Kier alpha value is -1.94. The van der Waals surface area contributed by atoms with Crippen LogP contribution in [-0.4, -0.2) is 5.11 Å². The molecule has 0 saturated heterocycles. The number of benzene rings is 2. The smallest absolute Gasteiger partial charge is 0.171 e. The number of rotatable bonds is 5. The monoisotopic (exact) mass is 316 g/mol. The lowest BCUT2D eigenvalue weighted by Crippen LogP contribution is -2.33. The van der Waals surface area contributed by atoms with Gasteiger partial charge in [0.05, 0.1) is 6.04 Å². The average Bonchev–Trinajstić information content (AvgIpc) is 2.47. The first kappa shape index (κ1) is 16.4. The molecule has 0 radical (unpaired) electrons. The number of halogens is 1. The lowest BCUT2D eigenvalue weighted by Gasteiger charge is -2.23. The summed E-state index contributed by atoms with van der Waals surface area (Å²) in [7, 11) is 0. The summed E-state index contributed by atoms with van der Waals surface area (Å²) in [5.41, 5.74) is 1.84. The molecule has 0 bridgehead atoms. The van der Waals surface area contributed by atoms with E-state index in [9.17, 15) is 4.39 Å². The highest BCUT2D eigenvalue weighted by Crippen LogP contribution is 2.21. The van der Waals surface area contributed by atoms with Crippen LogP contribution in [-0.2, 0) is 0 Å². The summed E-state index contributed by atoms with van der Waals surface area (Å²) in [5, 5.41) is 6.87. The summed E-state index contributed by atoms with van der Waals surface area (Å²) in [6.45, 7) is 4.36. The molecule has 0 unspecified atom stereocenters. The third kappa shape index (κ3) is 5.11. The highest BCUT2D eigenvalue weighted by molar-refractivity contribution is 7.80. The molecule has 0 aromatic heterocycles. The Kier molecular flexibility index (Phi) is 5.90. The van der Waals surface area contributed by atoms with E-state index in [4.69, 9.17) is 12.2 Å². The number of hydrogen-bond acceptors (Lipinski definition) is 1. The Bertz CT molecular complexity index is 613. The van der Waals surface area contributed by atoms with Crippen molar-refractivity contribution in [3.05, 3.63) is 66.0 Å². The number of nitrogens with one attached hydrogen (secondary N) is 2. The van der Waals surface area contributed by atoms with Crippen LogP contribution in [0.1, 0.15) is 31.9 Å². The predicted molar refractivity (Wildman–Crippen MR) is 94.4 cm³/mol. The van der Waals surface area contributed by atoms with Crippen LogP contribution in [0.5, 0.6) is 0 Å². The average molecular weight is 316 g/mol. The van der Waals surface area contributed by atoms with Crippen LogP contribution < -0.4 is 10.6 Å². The van der Waals surface area contributed by atoms with Gasteiger partial charge in [-0.25, -0.2) is 4.39 Å². The van der Waals surface area contributed by atoms with E-state index in [1.807, 2.05) is 18.2 Å². The van der Waals surface area contributed by atoms with Crippen LogP contribution in [0.3, 0.4) is 0 Å². The summed E-state index contributed by atoms with van der Waals surface area (Å²) < 4.78 is 13.2. The molecule has 2 nitrogen and oxygen atoms in total. The van der Waals surface area contributed by atoms with Crippen LogP contribution in [0.25, 0.3) is 0 Å². The van der Waals surface area contributed by atoms with Gasteiger partial charge in [0.2, 0.25) is 0 Å². The molecule has 0 amide bonds. The van der Waals surface area contributed by atoms with Crippen molar-refractivity contribution in [1.82, 2.24) is 5.32 Å². The largest absolute Gasteiger partial charge is 0.356 e. The van der Waals surface area contributed by atoms with Gasteiger partial charge >= 0.3 is 0 Å². The Morgan fingerprint density at radius 2 is 1.82 bits per heavy atom. The minimum atomic E-state index is -0.283. The molecule has 0 aliphatic carbocycles. The van der Waals surface area contributed by atoms with Crippen LogP contribution in [0, 0.1) is 11.7 Å². The van der Waals surface area contributed by atoms with E-state index in [0.717, 1.165) is 6.42 Å². The van der Waals surface area contributed by atoms with Crippen LogP contribution in [0.15, 0.2) is 54.6 Å². The van der Waals surface area contributed by atoms with Gasteiger partial charge in [-0.05, 0) is 48.3 Å². The summed E-state index contributed by atoms with van der Waals surface area (Å²) in [4.78, 5) is 0. The minimum Gasteiger partial charge on any atom is -0.356 e. The van der Waals surface area contributed by atoms with E-state index in [-0.39, 0.29) is 11.9 Å². The molecule has 116 valence electrons. The predicted octanol–water partition coefficient (Wildman–Crippen LogP) is 4.90. The Labute approximate surface area is 136 Å². The molecule has 4 heteroatoms. The molecule has 0 fully saturated rings. The van der Waals surface area contributed by atoms with Crippen LogP contribution >= 0.6 is 12.2 Å². The maximum Gasteiger partial charge on any atom is 0.171 e. The minimum absolute atomic E-state index is 0.134. The first-order valence-electron chi connectivity index (χ1n) is 7.42. The van der Waals surface area contributed by atoms with Gasteiger partial charge < -0.3 is 10.6 Å². The maximum atomic E-state index is 13.2.